The highest BCUT2D eigenvalue weighted by molar-refractivity contribution is 5.95. The van der Waals surface area contributed by atoms with Gasteiger partial charge in [-0.1, -0.05) is 0 Å². The number of hydrogen-bond acceptors (Lipinski definition) is 7. The second kappa shape index (κ2) is 6.88. The second-order valence-corrected chi connectivity index (χ2v) is 6.02. The summed E-state index contributed by atoms with van der Waals surface area (Å²) in [6.07, 6.45) is 4.29. The monoisotopic (exact) mass is 352 g/mol. The van der Waals surface area contributed by atoms with Crippen molar-refractivity contribution in [2.45, 2.75) is 18.9 Å². The first-order chi connectivity index (χ1) is 12.7. The van der Waals surface area contributed by atoms with Gasteiger partial charge in [0.1, 0.15) is 12.2 Å². The number of aromatic nitrogens is 2. The predicted molar refractivity (Wildman–Crippen MR) is 88.9 cm³/mol. The van der Waals surface area contributed by atoms with Gasteiger partial charge in [0.15, 0.2) is 11.5 Å². The van der Waals surface area contributed by atoms with Gasteiger partial charge < -0.3 is 19.1 Å². The van der Waals surface area contributed by atoms with Gasteiger partial charge in [-0.05, 0) is 31.0 Å². The maximum absolute atomic E-state index is 12.8. The minimum atomic E-state index is -0.231. The highest BCUT2D eigenvalue weighted by atomic mass is 16.7. The van der Waals surface area contributed by atoms with Gasteiger partial charge >= 0.3 is 0 Å². The smallest absolute Gasteiger partial charge is 0.254 e. The third-order valence-corrected chi connectivity index (χ3v) is 4.33. The average Bonchev–Trinajstić information content (AvgIpc) is 3.16. The van der Waals surface area contributed by atoms with Crippen molar-refractivity contribution >= 4 is 5.91 Å². The Bertz CT molecular complexity index is 880. The van der Waals surface area contributed by atoms with E-state index in [0.717, 1.165) is 12.8 Å². The molecule has 26 heavy (non-hydrogen) atoms. The molecule has 2 aliphatic rings. The number of amides is 1. The fourth-order valence-electron chi connectivity index (χ4n) is 3.08. The molecule has 8 heteroatoms. The van der Waals surface area contributed by atoms with Gasteiger partial charge in [0.05, 0.1) is 6.54 Å². The van der Waals surface area contributed by atoms with Crippen LogP contribution in [0, 0.1) is 11.3 Å². The van der Waals surface area contributed by atoms with Crippen LogP contribution in [-0.2, 0) is 0 Å². The summed E-state index contributed by atoms with van der Waals surface area (Å²) in [5.74, 6) is 1.35. The molecule has 0 aliphatic carbocycles. The molecule has 0 bridgehead atoms. The normalized spacial score (nSPS) is 18.3. The molecular formula is C18H16N4O4. The SMILES string of the molecule is N#Cc1nccnc1O[C@H]1CCCN(C(=O)c2ccc3c(c2)OCO3)C1. The zero-order chi connectivity index (χ0) is 17.9. The van der Waals surface area contributed by atoms with Crippen LogP contribution in [0.15, 0.2) is 30.6 Å². The number of rotatable bonds is 3. The molecule has 0 radical (unpaired) electrons. The first-order valence-corrected chi connectivity index (χ1v) is 8.31. The molecule has 2 aliphatic heterocycles. The molecule has 2 aromatic rings. The summed E-state index contributed by atoms with van der Waals surface area (Å²) < 4.78 is 16.4. The van der Waals surface area contributed by atoms with E-state index in [0.29, 0.717) is 30.2 Å². The van der Waals surface area contributed by atoms with Crippen molar-refractivity contribution in [2.24, 2.45) is 0 Å². The topological polar surface area (TPSA) is 97.6 Å². The molecule has 1 atom stereocenters. The second-order valence-electron chi connectivity index (χ2n) is 6.02. The number of fused-ring (bicyclic) bond motifs is 1. The van der Waals surface area contributed by atoms with Crippen LogP contribution in [0.1, 0.15) is 28.9 Å². The van der Waals surface area contributed by atoms with Crippen LogP contribution in [-0.4, -0.2) is 46.8 Å². The lowest BCUT2D eigenvalue weighted by atomic mass is 10.1. The number of benzene rings is 1. The highest BCUT2D eigenvalue weighted by Gasteiger charge is 2.27. The molecular weight excluding hydrogens is 336 g/mol. The lowest BCUT2D eigenvalue weighted by Crippen LogP contribution is -2.44. The molecule has 132 valence electrons. The van der Waals surface area contributed by atoms with E-state index in [9.17, 15) is 4.79 Å². The zero-order valence-electron chi connectivity index (χ0n) is 13.9. The van der Waals surface area contributed by atoms with Gasteiger partial charge in [-0.3, -0.25) is 4.79 Å². The molecule has 1 fully saturated rings. The molecule has 3 heterocycles. The summed E-state index contributed by atoms with van der Waals surface area (Å²) >= 11 is 0. The van der Waals surface area contributed by atoms with E-state index in [1.54, 1.807) is 23.1 Å². The molecule has 1 amide bonds. The summed E-state index contributed by atoms with van der Waals surface area (Å²) in [7, 11) is 0. The van der Waals surface area contributed by atoms with E-state index >= 15 is 0 Å². The lowest BCUT2D eigenvalue weighted by Gasteiger charge is -2.32. The highest BCUT2D eigenvalue weighted by Crippen LogP contribution is 2.33. The Hall–Kier alpha value is -3.34. The molecule has 0 N–H and O–H groups in total. The standard InChI is InChI=1S/C18H16N4O4/c19-9-14-17(21-6-5-20-14)26-13-2-1-7-22(10-13)18(23)12-3-4-15-16(8-12)25-11-24-15/h3-6,8,13H,1-2,7,10-11H2/t13-/m0/s1. The number of nitriles is 1. The van der Waals surface area contributed by atoms with E-state index in [1.165, 1.54) is 12.4 Å². The van der Waals surface area contributed by atoms with Gasteiger partial charge in [0.2, 0.25) is 12.5 Å². The van der Waals surface area contributed by atoms with E-state index in [4.69, 9.17) is 19.5 Å². The van der Waals surface area contributed by atoms with E-state index in [2.05, 4.69) is 9.97 Å². The first-order valence-electron chi connectivity index (χ1n) is 8.31. The van der Waals surface area contributed by atoms with Crippen molar-refractivity contribution in [3.05, 3.63) is 41.9 Å². The zero-order valence-corrected chi connectivity index (χ0v) is 13.9. The molecule has 8 nitrogen and oxygen atoms in total. The Labute approximate surface area is 149 Å². The largest absolute Gasteiger partial charge is 0.470 e. The third-order valence-electron chi connectivity index (χ3n) is 4.33. The first kappa shape index (κ1) is 16.1. The number of hydrogen-bond donors (Lipinski definition) is 0. The molecule has 1 saturated heterocycles. The summed E-state index contributed by atoms with van der Waals surface area (Å²) in [6.45, 7) is 1.25. The average molecular weight is 352 g/mol. The quantitative estimate of drug-likeness (QED) is 0.830. The van der Waals surface area contributed by atoms with Crippen LogP contribution in [0.4, 0.5) is 0 Å². The van der Waals surface area contributed by atoms with Gasteiger partial charge in [0.25, 0.3) is 11.8 Å². The molecule has 1 aromatic carbocycles. The fourth-order valence-corrected chi connectivity index (χ4v) is 3.08. The number of ether oxygens (including phenoxy) is 3. The maximum atomic E-state index is 12.8. The summed E-state index contributed by atoms with van der Waals surface area (Å²) in [4.78, 5) is 22.6. The Balaban J connectivity index is 1.46. The number of nitrogens with zero attached hydrogens (tertiary/aromatic N) is 4. The fraction of sp³-hybridized carbons (Fsp3) is 0.333. The van der Waals surface area contributed by atoms with Gasteiger partial charge in [0, 0.05) is 24.5 Å². The minimum Gasteiger partial charge on any atom is -0.470 e. The number of carbonyl (C=O) groups excluding carboxylic acids is 1. The van der Waals surface area contributed by atoms with E-state index < -0.39 is 0 Å². The number of likely N-dealkylation sites (tertiary alicyclic amines) is 1. The van der Waals surface area contributed by atoms with Gasteiger partial charge in [-0.15, -0.1) is 0 Å². The van der Waals surface area contributed by atoms with Crippen LogP contribution >= 0.6 is 0 Å². The van der Waals surface area contributed by atoms with Crippen molar-refractivity contribution in [1.29, 1.82) is 5.26 Å². The van der Waals surface area contributed by atoms with Crippen LogP contribution in [0.25, 0.3) is 0 Å². The Morgan fingerprint density at radius 2 is 2.12 bits per heavy atom. The number of carbonyl (C=O) groups is 1. The van der Waals surface area contributed by atoms with Gasteiger partial charge in [-0.25, -0.2) is 9.97 Å². The maximum Gasteiger partial charge on any atom is 0.254 e. The Morgan fingerprint density at radius 1 is 1.27 bits per heavy atom. The van der Waals surface area contributed by atoms with Gasteiger partial charge in [-0.2, -0.15) is 5.26 Å². The van der Waals surface area contributed by atoms with Crippen molar-refractivity contribution in [1.82, 2.24) is 14.9 Å². The van der Waals surface area contributed by atoms with Crippen LogP contribution in [0.2, 0.25) is 0 Å². The Kier molecular flexibility index (Phi) is 4.27. The van der Waals surface area contributed by atoms with E-state index in [-0.39, 0.29) is 30.4 Å². The molecule has 1 aromatic heterocycles. The molecule has 4 rings (SSSR count). The minimum absolute atomic E-state index is 0.0868. The third kappa shape index (κ3) is 3.11. The predicted octanol–water partition coefficient (Wildman–Crippen LogP) is 1.76. The molecule has 0 unspecified atom stereocenters. The summed E-state index contributed by atoms with van der Waals surface area (Å²) in [5, 5.41) is 9.09. The number of piperidine rings is 1. The van der Waals surface area contributed by atoms with Crippen LogP contribution in [0.5, 0.6) is 17.4 Å². The summed E-state index contributed by atoms with van der Waals surface area (Å²) in [6, 6.07) is 7.14. The van der Waals surface area contributed by atoms with Crippen LogP contribution < -0.4 is 14.2 Å². The lowest BCUT2D eigenvalue weighted by molar-refractivity contribution is 0.0526. The molecule has 0 saturated carbocycles. The van der Waals surface area contributed by atoms with Crippen molar-refractivity contribution < 1.29 is 19.0 Å². The summed E-state index contributed by atoms with van der Waals surface area (Å²) in [5.41, 5.74) is 0.693. The van der Waals surface area contributed by atoms with Crippen molar-refractivity contribution in [3.63, 3.8) is 0 Å². The van der Waals surface area contributed by atoms with Crippen molar-refractivity contribution in [2.75, 3.05) is 19.9 Å². The van der Waals surface area contributed by atoms with Crippen LogP contribution in [0.3, 0.4) is 0 Å². The van der Waals surface area contributed by atoms with Crippen molar-refractivity contribution in [3.8, 4) is 23.4 Å². The molecule has 0 spiro atoms. The Morgan fingerprint density at radius 3 is 3.00 bits per heavy atom. The van der Waals surface area contributed by atoms with E-state index in [1.807, 2.05) is 6.07 Å².